The second kappa shape index (κ2) is 9.62. The van der Waals surface area contributed by atoms with E-state index >= 15 is 0 Å². The number of imide groups is 1. The Morgan fingerprint density at radius 2 is 1.75 bits per heavy atom. The summed E-state index contributed by atoms with van der Waals surface area (Å²) < 4.78 is 10.0. The predicted octanol–water partition coefficient (Wildman–Crippen LogP) is 3.56. The Balaban J connectivity index is 0.000000878. The van der Waals surface area contributed by atoms with Gasteiger partial charge in [-0.05, 0) is 13.0 Å². The molecule has 0 N–H and O–H groups in total. The first-order chi connectivity index (χ1) is 13.5. The van der Waals surface area contributed by atoms with Crippen molar-refractivity contribution in [2.24, 2.45) is 0 Å². The number of hydrogen-bond acceptors (Lipinski definition) is 5. The van der Waals surface area contributed by atoms with Gasteiger partial charge in [-0.2, -0.15) is 0 Å². The van der Waals surface area contributed by atoms with E-state index in [9.17, 15) is 14.4 Å². The summed E-state index contributed by atoms with van der Waals surface area (Å²) in [5.74, 6) is -0.428. The third kappa shape index (κ3) is 4.18. The number of benzene rings is 2. The Morgan fingerprint density at radius 1 is 1.11 bits per heavy atom. The zero-order chi connectivity index (χ0) is 20.7. The van der Waals surface area contributed by atoms with Crippen molar-refractivity contribution in [1.29, 1.82) is 0 Å². The first-order valence-electron chi connectivity index (χ1n) is 8.77. The van der Waals surface area contributed by atoms with Crippen molar-refractivity contribution in [3.8, 4) is 0 Å². The molecule has 6 heteroatoms. The maximum atomic E-state index is 13.0. The Labute approximate surface area is 164 Å². The molecule has 0 aromatic heterocycles. The summed E-state index contributed by atoms with van der Waals surface area (Å²) in [6.07, 6.45) is 0.686. The number of anilines is 1. The van der Waals surface area contributed by atoms with Crippen LogP contribution in [0.1, 0.15) is 35.3 Å². The second-order valence-electron chi connectivity index (χ2n) is 5.97. The van der Waals surface area contributed by atoms with Crippen molar-refractivity contribution < 1.29 is 23.9 Å². The summed E-state index contributed by atoms with van der Waals surface area (Å²) in [7, 11) is 3.25. The van der Waals surface area contributed by atoms with Crippen LogP contribution in [0.5, 0.6) is 0 Å². The zero-order valence-electron chi connectivity index (χ0n) is 16.4. The minimum Gasteiger partial charge on any atom is -0.492 e. The highest BCUT2D eigenvalue weighted by atomic mass is 16.5. The second-order valence-corrected chi connectivity index (χ2v) is 5.97. The smallest absolute Gasteiger partial charge is 0.269 e. The largest absolute Gasteiger partial charge is 0.492 e. The SMILES string of the molecule is CCO/C(=C1/C(=O)N(C(C)=O)c2cc(C=O)ccc21)c1ccccc1.COC. The summed E-state index contributed by atoms with van der Waals surface area (Å²) in [6.45, 7) is 3.53. The Bertz CT molecular complexity index is 902. The van der Waals surface area contributed by atoms with E-state index in [0.29, 0.717) is 41.0 Å². The van der Waals surface area contributed by atoms with Crippen molar-refractivity contribution >= 4 is 35.1 Å². The lowest BCUT2D eigenvalue weighted by atomic mass is 10.0. The number of nitrogens with zero attached hydrogens (tertiary/aromatic N) is 1. The van der Waals surface area contributed by atoms with E-state index < -0.39 is 11.8 Å². The molecule has 1 aliphatic rings. The molecule has 0 unspecified atom stereocenters. The monoisotopic (exact) mass is 381 g/mol. The fraction of sp³-hybridized carbons (Fsp3) is 0.227. The highest BCUT2D eigenvalue weighted by Gasteiger charge is 2.38. The van der Waals surface area contributed by atoms with Crippen LogP contribution in [0.15, 0.2) is 48.5 Å². The van der Waals surface area contributed by atoms with Crippen LogP contribution in [0.25, 0.3) is 11.3 Å². The van der Waals surface area contributed by atoms with Gasteiger partial charge >= 0.3 is 0 Å². The molecule has 3 rings (SSSR count). The number of fused-ring (bicyclic) bond motifs is 1. The predicted molar refractivity (Wildman–Crippen MR) is 108 cm³/mol. The highest BCUT2D eigenvalue weighted by Crippen LogP contribution is 2.41. The maximum absolute atomic E-state index is 13.0. The Kier molecular flexibility index (Phi) is 7.23. The summed E-state index contributed by atoms with van der Waals surface area (Å²) in [5.41, 5.74) is 2.47. The molecule has 0 fully saturated rings. The van der Waals surface area contributed by atoms with Crippen molar-refractivity contribution in [2.75, 3.05) is 25.7 Å². The molecule has 0 saturated heterocycles. The Hall–Kier alpha value is -3.25. The number of methoxy groups -OCH3 is 1. The summed E-state index contributed by atoms with van der Waals surface area (Å²) >= 11 is 0. The fourth-order valence-corrected chi connectivity index (χ4v) is 2.92. The number of rotatable bonds is 4. The normalized spacial score (nSPS) is 14.0. The van der Waals surface area contributed by atoms with Gasteiger partial charge in [0, 0.05) is 37.8 Å². The molecule has 2 amide bonds. The van der Waals surface area contributed by atoms with Crippen molar-refractivity contribution in [3.63, 3.8) is 0 Å². The average Bonchev–Trinajstić information content (AvgIpc) is 2.98. The molecule has 2 aromatic rings. The molecule has 1 aliphatic heterocycles. The number of aldehydes is 1. The van der Waals surface area contributed by atoms with Crippen LogP contribution in [-0.2, 0) is 19.1 Å². The van der Waals surface area contributed by atoms with E-state index in [4.69, 9.17) is 4.74 Å². The summed E-state index contributed by atoms with van der Waals surface area (Å²) in [4.78, 5) is 37.2. The van der Waals surface area contributed by atoms with Crippen molar-refractivity contribution in [3.05, 3.63) is 65.2 Å². The number of amides is 2. The van der Waals surface area contributed by atoms with E-state index in [-0.39, 0.29) is 0 Å². The van der Waals surface area contributed by atoms with E-state index in [1.165, 1.54) is 6.92 Å². The van der Waals surface area contributed by atoms with Crippen molar-refractivity contribution in [1.82, 2.24) is 0 Å². The first kappa shape index (κ1) is 21.1. The van der Waals surface area contributed by atoms with Gasteiger partial charge in [0.25, 0.3) is 5.91 Å². The molecule has 1 heterocycles. The van der Waals surface area contributed by atoms with Gasteiger partial charge in [0.2, 0.25) is 5.91 Å². The zero-order valence-corrected chi connectivity index (χ0v) is 16.4. The average molecular weight is 381 g/mol. The molecule has 6 nitrogen and oxygen atoms in total. The molecule has 28 heavy (non-hydrogen) atoms. The molecule has 0 spiro atoms. The maximum Gasteiger partial charge on any atom is 0.269 e. The molecular weight excluding hydrogens is 358 g/mol. The third-order valence-electron chi connectivity index (χ3n) is 3.95. The molecule has 0 aliphatic carbocycles. The van der Waals surface area contributed by atoms with Crippen LogP contribution in [0.3, 0.4) is 0 Å². The molecule has 0 radical (unpaired) electrons. The van der Waals surface area contributed by atoms with E-state index in [1.54, 1.807) is 32.4 Å². The molecule has 146 valence electrons. The lowest BCUT2D eigenvalue weighted by Crippen LogP contribution is -2.31. The lowest BCUT2D eigenvalue weighted by molar-refractivity contribution is -0.122. The summed E-state index contributed by atoms with van der Waals surface area (Å²) in [5, 5.41) is 0. The van der Waals surface area contributed by atoms with Crippen LogP contribution in [-0.4, -0.2) is 38.9 Å². The molecular formula is C22H23NO5. The third-order valence-corrected chi connectivity index (χ3v) is 3.95. The number of carbonyl (C=O) groups excluding carboxylic acids is 3. The molecule has 0 atom stereocenters. The lowest BCUT2D eigenvalue weighted by Gasteiger charge is -2.13. The molecule has 0 bridgehead atoms. The van der Waals surface area contributed by atoms with Gasteiger partial charge in [-0.25, -0.2) is 4.90 Å². The van der Waals surface area contributed by atoms with Crippen molar-refractivity contribution in [2.45, 2.75) is 13.8 Å². The highest BCUT2D eigenvalue weighted by molar-refractivity contribution is 6.43. The standard InChI is InChI=1S/C20H17NO4.C2H6O/c1-3-25-19(15-7-5-4-6-8-15)18-16-10-9-14(12-22)11-17(16)21(13(2)23)20(18)24;1-3-2/h4-12H,3H2,1-2H3;1-2H3/b19-18+;. The topological polar surface area (TPSA) is 72.9 Å². The minimum absolute atomic E-state index is 0.329. The van der Waals surface area contributed by atoms with E-state index in [1.807, 2.05) is 37.3 Å². The molecule has 2 aromatic carbocycles. The van der Waals surface area contributed by atoms with Gasteiger partial charge in [0.05, 0.1) is 17.9 Å². The van der Waals surface area contributed by atoms with E-state index in [2.05, 4.69) is 4.74 Å². The van der Waals surface area contributed by atoms with Crippen LogP contribution in [0.2, 0.25) is 0 Å². The number of ether oxygens (including phenoxy) is 2. The van der Waals surface area contributed by atoms with Gasteiger partial charge in [0.1, 0.15) is 12.0 Å². The number of carbonyl (C=O) groups is 3. The summed E-state index contributed by atoms with van der Waals surface area (Å²) in [6, 6.07) is 14.1. The van der Waals surface area contributed by atoms with Crippen LogP contribution >= 0.6 is 0 Å². The fourth-order valence-electron chi connectivity index (χ4n) is 2.92. The quantitative estimate of drug-likeness (QED) is 0.460. The minimum atomic E-state index is -0.446. The van der Waals surface area contributed by atoms with Gasteiger partial charge in [0.15, 0.2) is 0 Å². The van der Waals surface area contributed by atoms with Gasteiger partial charge in [-0.1, -0.05) is 42.5 Å². The van der Waals surface area contributed by atoms with E-state index in [0.717, 1.165) is 10.5 Å². The Morgan fingerprint density at radius 3 is 2.29 bits per heavy atom. The van der Waals surface area contributed by atoms with Crippen LogP contribution < -0.4 is 4.90 Å². The molecule has 0 saturated carbocycles. The van der Waals surface area contributed by atoms with Gasteiger partial charge in [-0.3, -0.25) is 14.4 Å². The first-order valence-corrected chi connectivity index (χ1v) is 8.77. The number of hydrogen-bond donors (Lipinski definition) is 0. The van der Waals surface area contributed by atoms with Gasteiger partial charge in [-0.15, -0.1) is 0 Å². The van der Waals surface area contributed by atoms with Crippen LogP contribution in [0, 0.1) is 0 Å². The van der Waals surface area contributed by atoms with Gasteiger partial charge < -0.3 is 9.47 Å². The van der Waals surface area contributed by atoms with Crippen LogP contribution in [0.4, 0.5) is 5.69 Å².